The summed E-state index contributed by atoms with van der Waals surface area (Å²) in [5.41, 5.74) is 2.40. The minimum atomic E-state index is -1.24. The number of ether oxygens (including phenoxy) is 1. The van der Waals surface area contributed by atoms with Crippen molar-refractivity contribution in [3.63, 3.8) is 0 Å². The summed E-state index contributed by atoms with van der Waals surface area (Å²) in [7, 11) is 0. The van der Waals surface area contributed by atoms with Crippen LogP contribution in [0.2, 0.25) is 0 Å². The van der Waals surface area contributed by atoms with Crippen LogP contribution in [0.3, 0.4) is 0 Å². The third-order valence-electron chi connectivity index (χ3n) is 5.80. The van der Waals surface area contributed by atoms with E-state index in [1.165, 1.54) is 18.6 Å². The number of carboxylic acid groups (broad SMARTS) is 1. The Labute approximate surface area is 225 Å². The lowest BCUT2D eigenvalue weighted by atomic mass is 10.0. The summed E-state index contributed by atoms with van der Waals surface area (Å²) in [6.45, 7) is -0.465. The van der Waals surface area contributed by atoms with Gasteiger partial charge >= 0.3 is 5.97 Å². The number of aldehydes is 1. The monoisotopic (exact) mass is 581 g/mol. The van der Waals surface area contributed by atoms with Crippen molar-refractivity contribution >= 4 is 50.9 Å². The average Bonchev–Trinajstić information content (AvgIpc) is 3.57. The molecule has 38 heavy (non-hydrogen) atoms. The van der Waals surface area contributed by atoms with E-state index in [-0.39, 0.29) is 24.2 Å². The first-order valence-electron chi connectivity index (χ1n) is 11.6. The van der Waals surface area contributed by atoms with Crippen LogP contribution >= 0.6 is 15.9 Å². The molecule has 0 aliphatic rings. The van der Waals surface area contributed by atoms with Gasteiger partial charge in [-0.3, -0.25) is 14.4 Å². The number of amides is 2. The normalized spacial score (nSPS) is 12.4. The van der Waals surface area contributed by atoms with E-state index in [1.807, 2.05) is 24.3 Å². The highest BCUT2D eigenvalue weighted by Crippen LogP contribution is 2.22. The summed E-state index contributed by atoms with van der Waals surface area (Å²) in [6, 6.07) is 9.84. The van der Waals surface area contributed by atoms with Gasteiger partial charge in [0.2, 0.25) is 5.91 Å². The van der Waals surface area contributed by atoms with Gasteiger partial charge in [0.25, 0.3) is 5.91 Å². The molecular formula is C26H24BrN5O6. The molecule has 0 radical (unpaired) electrons. The molecule has 0 bridgehead atoms. The zero-order chi connectivity index (χ0) is 27.1. The molecule has 12 heteroatoms. The quantitative estimate of drug-likeness (QED) is 0.160. The third kappa shape index (κ3) is 6.65. The number of aromatic amines is 2. The van der Waals surface area contributed by atoms with Gasteiger partial charge in [0.15, 0.2) is 12.9 Å². The topological polar surface area (TPSA) is 166 Å². The Bertz CT molecular complexity index is 1450. The van der Waals surface area contributed by atoms with Crippen LogP contribution in [0.4, 0.5) is 0 Å². The molecule has 0 unspecified atom stereocenters. The number of carbonyl (C=O) groups excluding carboxylic acids is 3. The van der Waals surface area contributed by atoms with Crippen molar-refractivity contribution in [1.29, 1.82) is 0 Å². The fourth-order valence-corrected chi connectivity index (χ4v) is 4.32. The van der Waals surface area contributed by atoms with Crippen LogP contribution in [0.1, 0.15) is 21.6 Å². The molecule has 0 aliphatic carbocycles. The van der Waals surface area contributed by atoms with E-state index in [0.29, 0.717) is 16.5 Å². The largest absolute Gasteiger partial charge is 0.483 e. The number of fused-ring (bicyclic) bond motifs is 1. The Morgan fingerprint density at radius 1 is 1.08 bits per heavy atom. The van der Waals surface area contributed by atoms with Crippen molar-refractivity contribution in [1.82, 2.24) is 25.6 Å². The first-order valence-corrected chi connectivity index (χ1v) is 12.4. The molecule has 11 nitrogen and oxygen atoms in total. The fraction of sp³-hybridized carbons (Fsp3) is 0.192. The molecule has 2 atom stereocenters. The minimum Gasteiger partial charge on any atom is -0.483 e. The predicted octanol–water partition coefficient (Wildman–Crippen LogP) is 2.38. The van der Waals surface area contributed by atoms with Crippen molar-refractivity contribution in [2.75, 3.05) is 6.61 Å². The number of aromatic nitrogens is 3. The minimum absolute atomic E-state index is 0.0366. The lowest BCUT2D eigenvalue weighted by Gasteiger charge is -2.21. The first-order chi connectivity index (χ1) is 18.3. The number of hydrogen-bond donors (Lipinski definition) is 5. The molecule has 4 aromatic rings. The highest BCUT2D eigenvalue weighted by Gasteiger charge is 2.28. The second kappa shape index (κ2) is 12.2. The molecule has 0 saturated carbocycles. The van der Waals surface area contributed by atoms with Crippen molar-refractivity contribution in [2.45, 2.75) is 24.9 Å². The molecular weight excluding hydrogens is 558 g/mol. The van der Waals surface area contributed by atoms with E-state index in [9.17, 15) is 24.3 Å². The molecule has 0 aliphatic heterocycles. The zero-order valence-corrected chi connectivity index (χ0v) is 21.5. The molecule has 5 N–H and O–H groups in total. The van der Waals surface area contributed by atoms with Gasteiger partial charge in [-0.25, -0.2) is 9.78 Å². The lowest BCUT2D eigenvalue weighted by Crippen LogP contribution is -2.53. The number of H-pyrrole nitrogens is 2. The molecule has 0 fully saturated rings. The maximum Gasteiger partial charge on any atom is 0.326 e. The first kappa shape index (κ1) is 26.6. The Balaban J connectivity index is 1.45. The Morgan fingerprint density at radius 2 is 1.89 bits per heavy atom. The molecule has 196 valence electrons. The summed E-state index contributed by atoms with van der Waals surface area (Å²) < 4.78 is 6.15. The van der Waals surface area contributed by atoms with E-state index in [4.69, 9.17) is 4.74 Å². The number of nitrogens with one attached hydrogen (secondary N) is 4. The van der Waals surface area contributed by atoms with Gasteiger partial charge in [0, 0.05) is 46.3 Å². The van der Waals surface area contributed by atoms with Crippen LogP contribution in [0.15, 0.2) is 65.7 Å². The highest BCUT2D eigenvalue weighted by molar-refractivity contribution is 9.10. The Morgan fingerprint density at radius 3 is 2.63 bits per heavy atom. The Kier molecular flexibility index (Phi) is 8.54. The number of carbonyl (C=O) groups is 4. The summed E-state index contributed by atoms with van der Waals surface area (Å²) in [4.78, 5) is 59.1. The fourth-order valence-electron chi connectivity index (χ4n) is 3.94. The Hall–Kier alpha value is -4.45. The number of hydrogen-bond acceptors (Lipinski definition) is 6. The van der Waals surface area contributed by atoms with Crippen LogP contribution in [0, 0.1) is 0 Å². The number of aliphatic carboxylic acids is 1. The van der Waals surface area contributed by atoms with Gasteiger partial charge in [-0.15, -0.1) is 0 Å². The number of para-hydroxylation sites is 1. The van der Waals surface area contributed by atoms with E-state index < -0.39 is 36.5 Å². The smallest absolute Gasteiger partial charge is 0.326 e. The van der Waals surface area contributed by atoms with Gasteiger partial charge in [0.1, 0.15) is 17.8 Å². The van der Waals surface area contributed by atoms with Gasteiger partial charge in [-0.1, -0.05) is 34.1 Å². The number of nitrogens with zero attached hydrogens (tertiary/aromatic N) is 1. The summed E-state index contributed by atoms with van der Waals surface area (Å²) in [6.07, 6.45) is 5.32. The average molecular weight is 582 g/mol. The van der Waals surface area contributed by atoms with E-state index >= 15 is 0 Å². The highest BCUT2D eigenvalue weighted by atomic mass is 79.9. The molecule has 2 aromatic carbocycles. The number of carboxylic acids is 1. The molecule has 2 amide bonds. The molecule has 4 rings (SSSR count). The maximum absolute atomic E-state index is 13.2. The van der Waals surface area contributed by atoms with Crippen molar-refractivity contribution in [3.8, 4) is 5.75 Å². The third-order valence-corrected chi connectivity index (χ3v) is 6.29. The van der Waals surface area contributed by atoms with Gasteiger partial charge in [-0.2, -0.15) is 0 Å². The van der Waals surface area contributed by atoms with E-state index in [0.717, 1.165) is 16.5 Å². The van der Waals surface area contributed by atoms with Gasteiger partial charge in [-0.05, 0) is 29.8 Å². The predicted molar refractivity (Wildman–Crippen MR) is 141 cm³/mol. The summed E-state index contributed by atoms with van der Waals surface area (Å²) >= 11 is 3.26. The lowest BCUT2D eigenvalue weighted by molar-refractivity contribution is -0.142. The summed E-state index contributed by atoms with van der Waals surface area (Å²) in [5, 5.41) is 15.8. The van der Waals surface area contributed by atoms with E-state index in [2.05, 4.69) is 41.5 Å². The van der Waals surface area contributed by atoms with Gasteiger partial charge in [0.05, 0.1) is 11.9 Å². The number of halogens is 1. The summed E-state index contributed by atoms with van der Waals surface area (Å²) in [5.74, 6) is -2.32. The van der Waals surface area contributed by atoms with E-state index in [1.54, 1.807) is 18.3 Å². The SMILES string of the molecule is O=Cc1cc(Br)ccc1OCC(=O)N[C@@H](Cc1cnc[nH]1)C(=O)N[C@@H](Cc1c[nH]c2ccccc12)C(=O)O. The molecule has 2 aromatic heterocycles. The maximum atomic E-state index is 13.2. The van der Waals surface area contributed by atoms with Crippen LogP contribution < -0.4 is 15.4 Å². The number of benzene rings is 2. The zero-order valence-electron chi connectivity index (χ0n) is 19.9. The second-order valence-corrected chi connectivity index (χ2v) is 9.37. The van der Waals surface area contributed by atoms with Crippen molar-refractivity contribution in [2.24, 2.45) is 0 Å². The molecule has 2 heterocycles. The second-order valence-electron chi connectivity index (χ2n) is 8.45. The molecule has 0 spiro atoms. The van der Waals surface area contributed by atoms with Crippen molar-refractivity contribution < 1.29 is 29.0 Å². The molecule has 0 saturated heterocycles. The number of imidazole rings is 1. The van der Waals surface area contributed by atoms with Crippen LogP contribution in [-0.2, 0) is 27.2 Å². The van der Waals surface area contributed by atoms with Crippen LogP contribution in [-0.4, -0.2) is 62.8 Å². The number of rotatable bonds is 12. The van der Waals surface area contributed by atoms with Crippen LogP contribution in [0.5, 0.6) is 5.75 Å². The van der Waals surface area contributed by atoms with Gasteiger partial charge < -0.3 is 30.4 Å². The standard InChI is InChI=1S/C26H24BrN5O6/c27-17-5-6-23(16(7-17)12-33)38-13-24(34)31-21(9-18-11-28-14-30-18)25(35)32-22(26(36)37)8-15-10-29-20-4-2-1-3-19(15)20/h1-7,10-12,14,21-22,29H,8-9,13H2,(H,28,30)(H,31,34)(H,32,35)(H,36,37)/t21-,22-/m0/s1. The van der Waals surface area contributed by atoms with Crippen LogP contribution in [0.25, 0.3) is 10.9 Å². The van der Waals surface area contributed by atoms with Crippen molar-refractivity contribution in [3.05, 3.63) is 82.5 Å².